The molecule has 0 spiro atoms. The Hall–Kier alpha value is -2.99. The topological polar surface area (TPSA) is 61.0 Å². The molecule has 0 N–H and O–H groups in total. The molecule has 0 fully saturated rings. The third-order valence-corrected chi connectivity index (χ3v) is 5.32. The summed E-state index contributed by atoms with van der Waals surface area (Å²) in [4.78, 5) is 9.23. The van der Waals surface area contributed by atoms with Gasteiger partial charge in [0.15, 0.2) is 0 Å². The molecule has 2 aromatic heterocycles. The van der Waals surface area contributed by atoms with Crippen LogP contribution in [0.5, 0.6) is 5.75 Å². The number of aryl methyl sites for hydroxylation is 2. The number of nitrogens with zero attached hydrogens (tertiary/aromatic N) is 3. The standard InChI is InChI=1S/C21H19N3O2S/c1-13-8-9-15(10-14(13)2)17-12-27-20(22-17)11-19-23-21(24-26-19)16-6-4-5-7-18(16)25-3/h4-10,12H,11H2,1-3H3. The Morgan fingerprint density at radius 3 is 2.70 bits per heavy atom. The summed E-state index contributed by atoms with van der Waals surface area (Å²) in [5.41, 5.74) is 5.46. The number of para-hydroxylation sites is 1. The molecule has 0 atom stereocenters. The summed E-state index contributed by atoms with van der Waals surface area (Å²) in [6.45, 7) is 4.23. The predicted octanol–water partition coefficient (Wildman–Crippen LogP) is 5.08. The lowest BCUT2D eigenvalue weighted by atomic mass is 10.1. The van der Waals surface area contributed by atoms with Crippen LogP contribution in [0.25, 0.3) is 22.6 Å². The van der Waals surface area contributed by atoms with Crippen molar-refractivity contribution in [3.05, 3.63) is 69.9 Å². The molecule has 0 aliphatic heterocycles. The molecular formula is C21H19N3O2S. The molecule has 5 nitrogen and oxygen atoms in total. The summed E-state index contributed by atoms with van der Waals surface area (Å²) < 4.78 is 10.8. The van der Waals surface area contributed by atoms with Gasteiger partial charge in [0, 0.05) is 10.9 Å². The quantitative estimate of drug-likeness (QED) is 0.485. The summed E-state index contributed by atoms with van der Waals surface area (Å²) in [7, 11) is 1.63. The lowest BCUT2D eigenvalue weighted by molar-refractivity contribution is 0.384. The molecule has 0 saturated carbocycles. The summed E-state index contributed by atoms with van der Waals surface area (Å²) in [5, 5.41) is 7.10. The molecule has 0 aliphatic carbocycles. The van der Waals surface area contributed by atoms with Crippen LogP contribution in [0.4, 0.5) is 0 Å². The van der Waals surface area contributed by atoms with Crippen LogP contribution < -0.4 is 4.74 Å². The fourth-order valence-corrected chi connectivity index (χ4v) is 3.61. The molecular weight excluding hydrogens is 358 g/mol. The van der Waals surface area contributed by atoms with E-state index in [1.807, 2.05) is 24.3 Å². The van der Waals surface area contributed by atoms with Crippen LogP contribution in [-0.4, -0.2) is 22.2 Å². The molecule has 0 radical (unpaired) electrons. The zero-order valence-corrected chi connectivity index (χ0v) is 16.2. The highest BCUT2D eigenvalue weighted by molar-refractivity contribution is 7.10. The van der Waals surface area contributed by atoms with E-state index in [-0.39, 0.29) is 0 Å². The van der Waals surface area contributed by atoms with Gasteiger partial charge >= 0.3 is 0 Å². The molecule has 0 amide bonds. The van der Waals surface area contributed by atoms with E-state index in [2.05, 4.69) is 47.6 Å². The molecule has 0 saturated heterocycles. The number of ether oxygens (including phenoxy) is 1. The van der Waals surface area contributed by atoms with E-state index < -0.39 is 0 Å². The fraction of sp³-hybridized carbons (Fsp3) is 0.190. The van der Waals surface area contributed by atoms with Gasteiger partial charge in [-0.05, 0) is 43.2 Å². The van der Waals surface area contributed by atoms with E-state index in [0.29, 0.717) is 18.1 Å². The molecule has 0 unspecified atom stereocenters. The monoisotopic (exact) mass is 377 g/mol. The minimum Gasteiger partial charge on any atom is -0.496 e. The fourth-order valence-electron chi connectivity index (χ4n) is 2.82. The first-order valence-electron chi connectivity index (χ1n) is 8.62. The average Bonchev–Trinajstić information content (AvgIpc) is 3.34. The van der Waals surface area contributed by atoms with Crippen LogP contribution in [0, 0.1) is 13.8 Å². The van der Waals surface area contributed by atoms with Gasteiger partial charge in [0.2, 0.25) is 11.7 Å². The summed E-state index contributed by atoms with van der Waals surface area (Å²) in [5.74, 6) is 1.78. The largest absolute Gasteiger partial charge is 0.496 e. The van der Waals surface area contributed by atoms with Gasteiger partial charge < -0.3 is 9.26 Å². The highest BCUT2D eigenvalue weighted by Crippen LogP contribution is 2.28. The van der Waals surface area contributed by atoms with E-state index in [9.17, 15) is 0 Å². The van der Waals surface area contributed by atoms with E-state index >= 15 is 0 Å². The minimum absolute atomic E-state index is 0.512. The second kappa shape index (κ2) is 7.32. The van der Waals surface area contributed by atoms with Gasteiger partial charge in [0.25, 0.3) is 0 Å². The second-order valence-corrected chi connectivity index (χ2v) is 7.26. The predicted molar refractivity (Wildman–Crippen MR) is 106 cm³/mol. The van der Waals surface area contributed by atoms with Gasteiger partial charge in [-0.1, -0.05) is 29.4 Å². The van der Waals surface area contributed by atoms with Crippen molar-refractivity contribution < 1.29 is 9.26 Å². The van der Waals surface area contributed by atoms with Crippen molar-refractivity contribution in [1.82, 2.24) is 15.1 Å². The first-order valence-corrected chi connectivity index (χ1v) is 9.50. The zero-order chi connectivity index (χ0) is 18.8. The van der Waals surface area contributed by atoms with Crippen molar-refractivity contribution in [2.45, 2.75) is 20.3 Å². The van der Waals surface area contributed by atoms with Crippen molar-refractivity contribution in [1.29, 1.82) is 0 Å². The van der Waals surface area contributed by atoms with Gasteiger partial charge in [0.1, 0.15) is 10.8 Å². The number of thiazole rings is 1. The van der Waals surface area contributed by atoms with Crippen LogP contribution in [0.3, 0.4) is 0 Å². The summed E-state index contributed by atoms with van der Waals surface area (Å²) in [6, 6.07) is 14.0. The lowest BCUT2D eigenvalue weighted by Gasteiger charge is -2.03. The second-order valence-electron chi connectivity index (χ2n) is 6.31. The van der Waals surface area contributed by atoms with E-state index in [0.717, 1.165) is 27.6 Å². The summed E-state index contributed by atoms with van der Waals surface area (Å²) >= 11 is 1.60. The number of methoxy groups -OCH3 is 1. The first kappa shape index (κ1) is 17.4. The van der Waals surface area contributed by atoms with Crippen molar-refractivity contribution in [3.63, 3.8) is 0 Å². The highest BCUT2D eigenvalue weighted by atomic mass is 32.1. The highest BCUT2D eigenvalue weighted by Gasteiger charge is 2.15. The van der Waals surface area contributed by atoms with Crippen molar-refractivity contribution in [3.8, 4) is 28.4 Å². The summed E-state index contributed by atoms with van der Waals surface area (Å²) in [6.07, 6.45) is 0.512. The third kappa shape index (κ3) is 3.61. The van der Waals surface area contributed by atoms with Crippen molar-refractivity contribution >= 4 is 11.3 Å². The van der Waals surface area contributed by atoms with Gasteiger partial charge in [-0.25, -0.2) is 4.98 Å². The Morgan fingerprint density at radius 2 is 1.89 bits per heavy atom. The third-order valence-electron chi connectivity index (χ3n) is 4.47. The molecule has 136 valence electrons. The van der Waals surface area contributed by atoms with Crippen LogP contribution in [0.1, 0.15) is 22.0 Å². The Labute approximate surface area is 161 Å². The maximum Gasteiger partial charge on any atom is 0.233 e. The molecule has 4 rings (SSSR count). The SMILES string of the molecule is COc1ccccc1-c1noc(Cc2nc(-c3ccc(C)c(C)c3)cs2)n1. The molecule has 4 aromatic rings. The number of hydrogen-bond acceptors (Lipinski definition) is 6. The maximum atomic E-state index is 5.42. The number of hydrogen-bond donors (Lipinski definition) is 0. The Balaban J connectivity index is 1.55. The lowest BCUT2D eigenvalue weighted by Crippen LogP contribution is -1.90. The smallest absolute Gasteiger partial charge is 0.233 e. The maximum absolute atomic E-state index is 5.42. The Kier molecular flexibility index (Phi) is 4.73. The van der Waals surface area contributed by atoms with Gasteiger partial charge in [-0.3, -0.25) is 0 Å². The van der Waals surface area contributed by atoms with Crippen LogP contribution in [0.2, 0.25) is 0 Å². The number of rotatable bonds is 5. The molecule has 2 aromatic carbocycles. The van der Waals surface area contributed by atoms with E-state index in [4.69, 9.17) is 14.2 Å². The number of aromatic nitrogens is 3. The van der Waals surface area contributed by atoms with E-state index in [1.54, 1.807) is 18.4 Å². The Bertz CT molecular complexity index is 1080. The molecule has 2 heterocycles. The average molecular weight is 377 g/mol. The molecule has 0 bridgehead atoms. The van der Waals surface area contributed by atoms with Gasteiger partial charge in [-0.2, -0.15) is 4.98 Å². The van der Waals surface area contributed by atoms with Crippen LogP contribution in [0.15, 0.2) is 52.4 Å². The van der Waals surface area contributed by atoms with Crippen LogP contribution in [-0.2, 0) is 6.42 Å². The molecule has 0 aliphatic rings. The van der Waals surface area contributed by atoms with Crippen LogP contribution >= 0.6 is 11.3 Å². The zero-order valence-electron chi connectivity index (χ0n) is 15.4. The van der Waals surface area contributed by atoms with Crippen molar-refractivity contribution in [2.24, 2.45) is 0 Å². The van der Waals surface area contributed by atoms with Gasteiger partial charge in [0.05, 0.1) is 24.8 Å². The molecule has 6 heteroatoms. The Morgan fingerprint density at radius 1 is 1.04 bits per heavy atom. The van der Waals surface area contributed by atoms with Gasteiger partial charge in [-0.15, -0.1) is 11.3 Å². The van der Waals surface area contributed by atoms with Crippen molar-refractivity contribution in [2.75, 3.05) is 7.11 Å². The first-order chi connectivity index (χ1) is 13.1. The minimum atomic E-state index is 0.512. The normalized spacial score (nSPS) is 10.9. The van der Waals surface area contributed by atoms with E-state index in [1.165, 1.54) is 11.1 Å². The molecule has 27 heavy (non-hydrogen) atoms. The number of benzene rings is 2.